The minimum Gasteiger partial charge on any atom is -0.322 e. The van der Waals surface area contributed by atoms with Crippen LogP contribution in [-0.4, -0.2) is 18.0 Å². The van der Waals surface area contributed by atoms with Crippen LogP contribution < -0.4 is 4.72 Å². The fourth-order valence-electron chi connectivity index (χ4n) is 3.16. The van der Waals surface area contributed by atoms with Gasteiger partial charge in [-0.3, -0.25) is 0 Å². The van der Waals surface area contributed by atoms with Crippen molar-refractivity contribution < 1.29 is 8.42 Å². The van der Waals surface area contributed by atoms with E-state index >= 15 is 0 Å². The maximum absolute atomic E-state index is 12.6. The normalized spacial score (nSPS) is 11.8. The third kappa shape index (κ3) is 3.83. The Hall–Kier alpha value is -2.96. The van der Waals surface area contributed by atoms with Crippen molar-refractivity contribution in [3.05, 3.63) is 95.8 Å². The monoisotopic (exact) mass is 391 g/mol. The third-order valence-electron chi connectivity index (χ3n) is 4.67. The Bertz CT molecular complexity index is 1200. The van der Waals surface area contributed by atoms with Crippen LogP contribution in [0.15, 0.2) is 83.8 Å². The molecule has 6 heteroatoms. The van der Waals surface area contributed by atoms with Crippen molar-refractivity contribution in [2.75, 3.05) is 0 Å². The number of hydrogen-bond donors (Lipinski definition) is 1. The number of nitrogens with zero attached hydrogens (tertiary/aromatic N) is 2. The fourth-order valence-corrected chi connectivity index (χ4v) is 4.16. The number of aromatic nitrogens is 2. The lowest BCUT2D eigenvalue weighted by Gasteiger charge is -2.11. The number of benzene rings is 3. The van der Waals surface area contributed by atoms with E-state index < -0.39 is 10.0 Å². The van der Waals surface area contributed by atoms with E-state index in [0.29, 0.717) is 12.4 Å². The van der Waals surface area contributed by atoms with Gasteiger partial charge in [0.05, 0.1) is 22.5 Å². The molecule has 3 aromatic carbocycles. The van der Waals surface area contributed by atoms with Gasteiger partial charge in [0.1, 0.15) is 5.82 Å². The van der Waals surface area contributed by atoms with Gasteiger partial charge in [0.2, 0.25) is 10.0 Å². The second-order valence-corrected chi connectivity index (χ2v) is 8.49. The minimum atomic E-state index is -3.59. The molecule has 0 atom stereocenters. The molecule has 142 valence electrons. The Morgan fingerprint density at radius 2 is 1.57 bits per heavy atom. The van der Waals surface area contributed by atoms with Crippen molar-refractivity contribution in [1.29, 1.82) is 0 Å². The first-order valence-corrected chi connectivity index (χ1v) is 10.6. The molecule has 0 fully saturated rings. The maximum atomic E-state index is 12.6. The van der Waals surface area contributed by atoms with Gasteiger partial charge >= 0.3 is 0 Å². The SMILES string of the molecule is Cc1ccc(Cn2c(CNS(=O)(=O)c3ccccc3)nc3ccccc32)cc1. The van der Waals surface area contributed by atoms with Crippen LogP contribution >= 0.6 is 0 Å². The van der Waals surface area contributed by atoms with Gasteiger partial charge in [-0.15, -0.1) is 0 Å². The molecule has 0 saturated heterocycles. The maximum Gasteiger partial charge on any atom is 0.240 e. The standard InChI is InChI=1S/C22H21N3O2S/c1-17-11-13-18(14-12-17)16-25-21-10-6-5-9-20(21)24-22(25)15-23-28(26,27)19-7-3-2-4-8-19/h2-14,23H,15-16H2,1H3. The molecule has 5 nitrogen and oxygen atoms in total. The summed E-state index contributed by atoms with van der Waals surface area (Å²) in [6, 6.07) is 24.5. The summed E-state index contributed by atoms with van der Waals surface area (Å²) in [5.74, 6) is 0.682. The highest BCUT2D eigenvalue weighted by atomic mass is 32.2. The van der Waals surface area contributed by atoms with Gasteiger partial charge in [0.25, 0.3) is 0 Å². The molecular weight excluding hydrogens is 370 g/mol. The first-order valence-electron chi connectivity index (χ1n) is 9.07. The van der Waals surface area contributed by atoms with Crippen LogP contribution in [0.2, 0.25) is 0 Å². The minimum absolute atomic E-state index is 0.123. The average Bonchev–Trinajstić information content (AvgIpc) is 3.06. The summed E-state index contributed by atoms with van der Waals surface area (Å²) in [5.41, 5.74) is 4.18. The molecule has 0 radical (unpaired) electrons. The van der Waals surface area contributed by atoms with Crippen LogP contribution in [0, 0.1) is 6.92 Å². The third-order valence-corrected chi connectivity index (χ3v) is 6.09. The second-order valence-electron chi connectivity index (χ2n) is 6.73. The second kappa shape index (κ2) is 7.58. The highest BCUT2D eigenvalue weighted by molar-refractivity contribution is 7.89. The van der Waals surface area contributed by atoms with Crippen LogP contribution in [0.5, 0.6) is 0 Å². The molecule has 4 aromatic rings. The highest BCUT2D eigenvalue weighted by Crippen LogP contribution is 2.19. The predicted octanol–water partition coefficient (Wildman–Crippen LogP) is 3.87. The Balaban J connectivity index is 1.66. The van der Waals surface area contributed by atoms with Crippen molar-refractivity contribution in [1.82, 2.24) is 14.3 Å². The molecule has 0 unspecified atom stereocenters. The van der Waals surface area contributed by atoms with E-state index in [4.69, 9.17) is 0 Å². The number of rotatable bonds is 6. The number of nitrogens with one attached hydrogen (secondary N) is 1. The van der Waals surface area contributed by atoms with Gasteiger partial charge < -0.3 is 4.57 Å². The lowest BCUT2D eigenvalue weighted by Crippen LogP contribution is -2.25. The average molecular weight is 391 g/mol. The highest BCUT2D eigenvalue weighted by Gasteiger charge is 2.16. The predicted molar refractivity (Wildman–Crippen MR) is 110 cm³/mol. The first kappa shape index (κ1) is 18.4. The lowest BCUT2D eigenvalue weighted by atomic mass is 10.1. The summed E-state index contributed by atoms with van der Waals surface area (Å²) in [5, 5.41) is 0. The largest absolute Gasteiger partial charge is 0.322 e. The molecule has 1 heterocycles. The molecule has 1 aromatic heterocycles. The summed E-state index contributed by atoms with van der Waals surface area (Å²) in [6.07, 6.45) is 0. The van der Waals surface area contributed by atoms with Gasteiger partial charge in [-0.05, 0) is 36.8 Å². The van der Waals surface area contributed by atoms with Crippen molar-refractivity contribution >= 4 is 21.1 Å². The number of para-hydroxylation sites is 2. The Kier molecular flexibility index (Phi) is 4.98. The van der Waals surface area contributed by atoms with Crippen LogP contribution in [0.4, 0.5) is 0 Å². The Morgan fingerprint density at radius 3 is 2.32 bits per heavy atom. The molecule has 0 aliphatic rings. The number of sulfonamides is 1. The number of fused-ring (bicyclic) bond motifs is 1. The fraction of sp³-hybridized carbons (Fsp3) is 0.136. The zero-order valence-electron chi connectivity index (χ0n) is 15.5. The number of hydrogen-bond acceptors (Lipinski definition) is 3. The molecule has 4 rings (SSSR count). The molecule has 0 bridgehead atoms. The van der Waals surface area contributed by atoms with E-state index in [1.807, 2.05) is 24.3 Å². The van der Waals surface area contributed by atoms with E-state index in [0.717, 1.165) is 16.6 Å². The summed E-state index contributed by atoms with van der Waals surface area (Å²) < 4.78 is 29.9. The van der Waals surface area contributed by atoms with Crippen LogP contribution in [0.3, 0.4) is 0 Å². The number of aryl methyl sites for hydroxylation is 1. The summed E-state index contributed by atoms with van der Waals surface area (Å²) in [7, 11) is -3.59. The van der Waals surface area contributed by atoms with Crippen molar-refractivity contribution in [2.24, 2.45) is 0 Å². The van der Waals surface area contributed by atoms with E-state index in [2.05, 4.69) is 45.5 Å². The Labute approximate surface area is 164 Å². The van der Waals surface area contributed by atoms with Crippen molar-refractivity contribution in [2.45, 2.75) is 24.9 Å². The van der Waals surface area contributed by atoms with Crippen molar-refractivity contribution in [3.63, 3.8) is 0 Å². The molecule has 0 aliphatic heterocycles. The van der Waals surface area contributed by atoms with Crippen LogP contribution in [0.25, 0.3) is 11.0 Å². The van der Waals surface area contributed by atoms with Crippen LogP contribution in [0.1, 0.15) is 17.0 Å². The Morgan fingerprint density at radius 1 is 0.893 bits per heavy atom. The van der Waals surface area contributed by atoms with Crippen LogP contribution in [-0.2, 0) is 23.1 Å². The number of imidazole rings is 1. The van der Waals surface area contributed by atoms with Gasteiger partial charge in [-0.25, -0.2) is 18.1 Å². The topological polar surface area (TPSA) is 64.0 Å². The first-order chi connectivity index (χ1) is 13.5. The smallest absolute Gasteiger partial charge is 0.240 e. The molecule has 0 aliphatic carbocycles. The molecule has 1 N–H and O–H groups in total. The van der Waals surface area contributed by atoms with E-state index in [9.17, 15) is 8.42 Å². The molecule has 0 spiro atoms. The van der Waals surface area contributed by atoms with Gasteiger partial charge in [-0.1, -0.05) is 60.2 Å². The molecular formula is C22H21N3O2S. The van der Waals surface area contributed by atoms with E-state index in [-0.39, 0.29) is 11.4 Å². The summed E-state index contributed by atoms with van der Waals surface area (Å²) in [4.78, 5) is 4.91. The molecule has 28 heavy (non-hydrogen) atoms. The molecule has 0 saturated carbocycles. The van der Waals surface area contributed by atoms with Crippen molar-refractivity contribution in [3.8, 4) is 0 Å². The summed E-state index contributed by atoms with van der Waals surface area (Å²) >= 11 is 0. The van der Waals surface area contributed by atoms with E-state index in [1.165, 1.54) is 5.56 Å². The van der Waals surface area contributed by atoms with Gasteiger partial charge in [0.15, 0.2) is 0 Å². The molecule has 0 amide bonds. The van der Waals surface area contributed by atoms with E-state index in [1.54, 1.807) is 30.3 Å². The van der Waals surface area contributed by atoms with Gasteiger partial charge in [0, 0.05) is 6.54 Å². The zero-order chi connectivity index (χ0) is 19.6. The summed E-state index contributed by atoms with van der Waals surface area (Å²) in [6.45, 7) is 2.81. The zero-order valence-corrected chi connectivity index (χ0v) is 16.4. The quantitative estimate of drug-likeness (QED) is 0.543. The lowest BCUT2D eigenvalue weighted by molar-refractivity contribution is 0.577. The van der Waals surface area contributed by atoms with Gasteiger partial charge in [-0.2, -0.15) is 0 Å².